The van der Waals surface area contributed by atoms with Gasteiger partial charge in [0.15, 0.2) is 0 Å². The summed E-state index contributed by atoms with van der Waals surface area (Å²) < 4.78 is 4.99. The van der Waals surface area contributed by atoms with Crippen LogP contribution in [0.15, 0.2) is 206 Å². The topological polar surface area (TPSA) is 8.17 Å². The van der Waals surface area contributed by atoms with E-state index >= 15 is 0 Å². The zero-order valence-corrected chi connectivity index (χ0v) is 30.7. The largest absolute Gasteiger partial charge is 0.310 e. The first kappa shape index (κ1) is 31.6. The van der Waals surface area contributed by atoms with Crippen LogP contribution in [0.25, 0.3) is 80.7 Å². The zero-order chi connectivity index (χ0) is 36.3. The second kappa shape index (κ2) is 12.9. The Balaban J connectivity index is 1.03. The van der Waals surface area contributed by atoms with E-state index in [9.17, 15) is 0 Å². The lowest BCUT2D eigenvalue weighted by Crippen LogP contribution is -2.10. The van der Waals surface area contributed by atoms with Crippen molar-refractivity contribution in [1.29, 1.82) is 0 Å². The van der Waals surface area contributed by atoms with Crippen molar-refractivity contribution >= 4 is 81.1 Å². The van der Waals surface area contributed by atoms with Crippen molar-refractivity contribution in [2.45, 2.75) is 0 Å². The van der Waals surface area contributed by atoms with Crippen LogP contribution in [-0.2, 0) is 0 Å². The third kappa shape index (κ3) is 5.40. The van der Waals surface area contributed by atoms with Gasteiger partial charge in [0.2, 0.25) is 0 Å². The molecule has 0 bridgehead atoms. The van der Waals surface area contributed by atoms with Crippen LogP contribution in [0.1, 0.15) is 0 Å². The SMILES string of the molecule is c1cc(-c2ccc(N(c3cccc(-n4c5ccccc5c5ccccc54)c3)c3ccc4c(c3)sc3ccccc34)cc2)cc(-c2ccc3ccccc3c2)c1. The molecule has 3 heteroatoms. The molecule has 55 heavy (non-hydrogen) atoms. The van der Waals surface area contributed by atoms with Gasteiger partial charge in [-0.15, -0.1) is 11.3 Å². The molecule has 2 heterocycles. The lowest BCUT2D eigenvalue weighted by molar-refractivity contribution is 1.17. The second-order valence-corrected chi connectivity index (χ2v) is 15.3. The predicted octanol–water partition coefficient (Wildman–Crippen LogP) is 15.1. The Hall–Kier alpha value is -6.94. The van der Waals surface area contributed by atoms with Crippen LogP contribution >= 0.6 is 11.3 Å². The van der Waals surface area contributed by atoms with E-state index < -0.39 is 0 Å². The lowest BCUT2D eigenvalue weighted by atomic mass is 9.97. The molecule has 2 nitrogen and oxygen atoms in total. The Bertz CT molecular complexity index is 3170. The molecule has 0 radical (unpaired) electrons. The Morgan fingerprint density at radius 2 is 0.909 bits per heavy atom. The molecule has 258 valence electrons. The van der Waals surface area contributed by atoms with Gasteiger partial charge in [0.1, 0.15) is 0 Å². The molecular formula is C52H34N2S. The predicted molar refractivity (Wildman–Crippen MR) is 237 cm³/mol. The normalized spacial score (nSPS) is 11.6. The Kier molecular flexibility index (Phi) is 7.39. The summed E-state index contributed by atoms with van der Waals surface area (Å²) in [5, 5.41) is 7.64. The van der Waals surface area contributed by atoms with Crippen molar-refractivity contribution < 1.29 is 0 Å². The number of nitrogens with zero attached hydrogens (tertiary/aromatic N) is 2. The molecule has 11 aromatic rings. The fourth-order valence-corrected chi connectivity index (χ4v) is 9.46. The van der Waals surface area contributed by atoms with Crippen molar-refractivity contribution in [3.63, 3.8) is 0 Å². The van der Waals surface area contributed by atoms with E-state index in [-0.39, 0.29) is 0 Å². The second-order valence-electron chi connectivity index (χ2n) is 14.2. The van der Waals surface area contributed by atoms with E-state index in [4.69, 9.17) is 0 Å². The Morgan fingerprint density at radius 1 is 0.327 bits per heavy atom. The Morgan fingerprint density at radius 3 is 1.71 bits per heavy atom. The average Bonchev–Trinajstić information content (AvgIpc) is 3.79. The molecule has 0 aliphatic rings. The highest BCUT2D eigenvalue weighted by molar-refractivity contribution is 7.25. The minimum atomic E-state index is 1.10. The summed E-state index contributed by atoms with van der Waals surface area (Å²) in [5.41, 5.74) is 11.7. The average molecular weight is 719 g/mol. The first-order chi connectivity index (χ1) is 27.2. The van der Waals surface area contributed by atoms with E-state index in [2.05, 4.69) is 216 Å². The molecular weight excluding hydrogens is 685 g/mol. The third-order valence-corrected chi connectivity index (χ3v) is 12.1. The number of benzene rings is 9. The van der Waals surface area contributed by atoms with Crippen molar-refractivity contribution in [2.75, 3.05) is 4.90 Å². The first-order valence-electron chi connectivity index (χ1n) is 18.7. The minimum Gasteiger partial charge on any atom is -0.310 e. The zero-order valence-electron chi connectivity index (χ0n) is 29.9. The third-order valence-electron chi connectivity index (χ3n) is 11.0. The maximum atomic E-state index is 2.40. The van der Waals surface area contributed by atoms with Crippen LogP contribution < -0.4 is 4.90 Å². The van der Waals surface area contributed by atoms with Crippen LogP contribution in [0.3, 0.4) is 0 Å². The van der Waals surface area contributed by atoms with Crippen LogP contribution in [0.2, 0.25) is 0 Å². The first-order valence-corrected chi connectivity index (χ1v) is 19.6. The summed E-state index contributed by atoms with van der Waals surface area (Å²) in [5.74, 6) is 0. The van der Waals surface area contributed by atoms with Crippen molar-refractivity contribution in [2.24, 2.45) is 0 Å². The van der Waals surface area contributed by atoms with E-state index in [1.165, 1.54) is 75.0 Å². The van der Waals surface area contributed by atoms with Gasteiger partial charge >= 0.3 is 0 Å². The van der Waals surface area contributed by atoms with Crippen molar-refractivity contribution in [3.05, 3.63) is 206 Å². The number of rotatable bonds is 6. The van der Waals surface area contributed by atoms with E-state index in [0.717, 1.165) is 22.7 Å². The molecule has 0 N–H and O–H groups in total. The molecule has 0 spiro atoms. The number of para-hydroxylation sites is 2. The van der Waals surface area contributed by atoms with Crippen LogP contribution in [0.4, 0.5) is 17.1 Å². The van der Waals surface area contributed by atoms with Gasteiger partial charge in [0.05, 0.1) is 11.0 Å². The molecule has 0 amide bonds. The van der Waals surface area contributed by atoms with Gasteiger partial charge in [-0.2, -0.15) is 0 Å². The number of thiophene rings is 1. The molecule has 0 saturated heterocycles. The minimum absolute atomic E-state index is 1.10. The van der Waals surface area contributed by atoms with Gasteiger partial charge < -0.3 is 9.47 Å². The van der Waals surface area contributed by atoms with E-state index in [0.29, 0.717) is 0 Å². The number of hydrogen-bond acceptors (Lipinski definition) is 2. The summed E-state index contributed by atoms with van der Waals surface area (Å²) in [6.45, 7) is 0. The molecule has 2 aromatic heterocycles. The number of hydrogen-bond donors (Lipinski definition) is 0. The van der Waals surface area contributed by atoms with Gasteiger partial charge in [-0.25, -0.2) is 0 Å². The monoisotopic (exact) mass is 718 g/mol. The van der Waals surface area contributed by atoms with Gasteiger partial charge in [-0.1, -0.05) is 133 Å². The molecule has 11 rings (SSSR count). The van der Waals surface area contributed by atoms with Crippen LogP contribution in [0.5, 0.6) is 0 Å². The fraction of sp³-hybridized carbons (Fsp3) is 0. The number of aromatic nitrogens is 1. The molecule has 0 saturated carbocycles. The summed E-state index contributed by atoms with van der Waals surface area (Å²) in [6.07, 6.45) is 0. The summed E-state index contributed by atoms with van der Waals surface area (Å²) >= 11 is 1.86. The van der Waals surface area contributed by atoms with E-state index in [1.54, 1.807) is 0 Å². The van der Waals surface area contributed by atoms with Gasteiger partial charge in [-0.05, 0) is 106 Å². The molecule has 0 fully saturated rings. The van der Waals surface area contributed by atoms with Gasteiger partial charge in [0, 0.05) is 53.7 Å². The van der Waals surface area contributed by atoms with Gasteiger partial charge in [0.25, 0.3) is 0 Å². The molecule has 9 aromatic carbocycles. The van der Waals surface area contributed by atoms with Crippen LogP contribution in [-0.4, -0.2) is 4.57 Å². The molecule has 0 unspecified atom stereocenters. The highest BCUT2D eigenvalue weighted by Gasteiger charge is 2.18. The summed E-state index contributed by atoms with van der Waals surface area (Å²) in [7, 11) is 0. The maximum absolute atomic E-state index is 2.40. The highest BCUT2D eigenvalue weighted by atomic mass is 32.1. The Labute approximate surface area is 323 Å². The van der Waals surface area contributed by atoms with E-state index in [1.807, 2.05) is 11.3 Å². The number of anilines is 3. The fourth-order valence-electron chi connectivity index (χ4n) is 8.32. The summed E-state index contributed by atoms with van der Waals surface area (Å²) in [4.78, 5) is 2.40. The molecule has 0 aliphatic carbocycles. The summed E-state index contributed by atoms with van der Waals surface area (Å²) in [6, 6.07) is 75.3. The quantitative estimate of drug-likeness (QED) is 0.166. The van der Waals surface area contributed by atoms with Gasteiger partial charge in [-0.3, -0.25) is 0 Å². The maximum Gasteiger partial charge on any atom is 0.0541 e. The smallest absolute Gasteiger partial charge is 0.0541 e. The van der Waals surface area contributed by atoms with Crippen molar-refractivity contribution in [3.8, 4) is 27.9 Å². The molecule has 0 atom stereocenters. The molecule has 0 aliphatic heterocycles. The standard InChI is InChI=1S/C52H34N2S/c1-2-12-37-32-40(24-23-35(37)11-1)39-14-9-13-38(31-39)36-25-27-41(28-26-36)53(44-29-30-48-47-19-5-8-22-51(47)55-52(48)34-44)42-15-10-16-43(33-42)54-49-20-6-3-17-45(49)46-18-4-7-21-50(46)54/h1-34H. The van der Waals surface area contributed by atoms with Crippen molar-refractivity contribution in [1.82, 2.24) is 4.57 Å². The highest BCUT2D eigenvalue weighted by Crippen LogP contribution is 2.42. The van der Waals surface area contributed by atoms with Crippen LogP contribution in [0, 0.1) is 0 Å². The lowest BCUT2D eigenvalue weighted by Gasteiger charge is -2.26. The number of fused-ring (bicyclic) bond motifs is 7.